The van der Waals surface area contributed by atoms with Crippen LogP contribution >= 0.6 is 0 Å². The molecule has 3 aromatic heterocycles. The number of likely N-dealkylation sites (tertiary alicyclic amines) is 1. The zero-order valence-corrected chi connectivity index (χ0v) is 15.6. The summed E-state index contributed by atoms with van der Waals surface area (Å²) in [5.74, 6) is 3.18. The molecular formula is C19H23N7O. The number of nitrogens with zero attached hydrogens (tertiary/aromatic N) is 7. The van der Waals surface area contributed by atoms with Crippen molar-refractivity contribution in [1.29, 1.82) is 0 Å². The third-order valence-electron chi connectivity index (χ3n) is 5.64. The Morgan fingerprint density at radius 1 is 1.04 bits per heavy atom. The van der Waals surface area contributed by atoms with Crippen molar-refractivity contribution in [3.05, 3.63) is 47.9 Å². The summed E-state index contributed by atoms with van der Waals surface area (Å²) in [4.78, 5) is 13.8. The molecule has 8 heteroatoms. The maximum atomic E-state index is 4.95. The van der Waals surface area contributed by atoms with Gasteiger partial charge in [-0.05, 0) is 31.7 Å². The molecule has 8 nitrogen and oxygen atoms in total. The lowest BCUT2D eigenvalue weighted by Gasteiger charge is -2.22. The summed E-state index contributed by atoms with van der Waals surface area (Å²) < 4.78 is 6.83. The fourth-order valence-corrected chi connectivity index (χ4v) is 4.46. The van der Waals surface area contributed by atoms with Crippen LogP contribution in [-0.2, 0) is 6.54 Å². The Morgan fingerprint density at radius 2 is 1.81 bits per heavy atom. The van der Waals surface area contributed by atoms with E-state index in [9.17, 15) is 0 Å². The van der Waals surface area contributed by atoms with E-state index in [0.29, 0.717) is 11.8 Å². The summed E-state index contributed by atoms with van der Waals surface area (Å²) in [7, 11) is 0. The predicted octanol–water partition coefficient (Wildman–Crippen LogP) is 1.84. The highest BCUT2D eigenvalue weighted by Crippen LogP contribution is 2.34. The standard InChI is InChI=1S/C19H23N7O/c1-13-3-14(2)26(23-13)19-4-18(20-12-21-19)25-9-16-7-24(8-17(16)10-25)6-15-5-22-27-11-15/h3-5,11-12,16-17H,6-10H2,1-2H3. The molecule has 5 heterocycles. The third-order valence-corrected chi connectivity index (χ3v) is 5.64. The summed E-state index contributed by atoms with van der Waals surface area (Å²) in [5, 5.41) is 8.34. The largest absolute Gasteiger partial charge is 0.364 e. The summed E-state index contributed by atoms with van der Waals surface area (Å²) in [5.41, 5.74) is 3.23. The van der Waals surface area contributed by atoms with Gasteiger partial charge in [0.25, 0.3) is 0 Å². The lowest BCUT2D eigenvalue weighted by atomic mass is 10.0. The Kier molecular flexibility index (Phi) is 3.93. The second kappa shape index (κ2) is 6.45. The van der Waals surface area contributed by atoms with Crippen LogP contribution < -0.4 is 4.90 Å². The molecule has 0 N–H and O–H groups in total. The molecule has 0 amide bonds. The number of aryl methyl sites for hydroxylation is 2. The van der Waals surface area contributed by atoms with Crippen molar-refractivity contribution in [3.8, 4) is 5.82 Å². The van der Waals surface area contributed by atoms with Crippen molar-refractivity contribution in [2.45, 2.75) is 20.4 Å². The molecule has 0 spiro atoms. The van der Waals surface area contributed by atoms with Gasteiger partial charge in [-0.25, -0.2) is 14.6 Å². The number of anilines is 1. The van der Waals surface area contributed by atoms with Crippen LogP contribution in [0, 0.1) is 25.7 Å². The summed E-state index contributed by atoms with van der Waals surface area (Å²) >= 11 is 0. The van der Waals surface area contributed by atoms with E-state index >= 15 is 0 Å². The van der Waals surface area contributed by atoms with E-state index in [-0.39, 0.29) is 0 Å². The monoisotopic (exact) mass is 365 g/mol. The minimum absolute atomic E-state index is 0.678. The fraction of sp³-hybridized carbons (Fsp3) is 0.474. The molecule has 2 unspecified atom stereocenters. The molecule has 2 aliphatic rings. The molecule has 2 fully saturated rings. The molecule has 2 atom stereocenters. The first-order chi connectivity index (χ1) is 13.2. The summed E-state index contributed by atoms with van der Waals surface area (Å²) in [6.45, 7) is 9.27. The third kappa shape index (κ3) is 3.10. The van der Waals surface area contributed by atoms with Crippen molar-refractivity contribution in [3.63, 3.8) is 0 Å². The van der Waals surface area contributed by atoms with Crippen LogP contribution in [0.15, 0.2) is 35.4 Å². The topological polar surface area (TPSA) is 76.1 Å². The van der Waals surface area contributed by atoms with Crippen molar-refractivity contribution in [2.24, 2.45) is 11.8 Å². The van der Waals surface area contributed by atoms with Crippen LogP contribution in [0.3, 0.4) is 0 Å². The van der Waals surface area contributed by atoms with Gasteiger partial charge in [-0.1, -0.05) is 5.16 Å². The normalized spacial score (nSPS) is 22.5. The first-order valence-electron chi connectivity index (χ1n) is 9.37. The Labute approximate surface area is 157 Å². The van der Waals surface area contributed by atoms with Gasteiger partial charge in [-0.15, -0.1) is 0 Å². The highest BCUT2D eigenvalue weighted by Gasteiger charge is 2.40. The Balaban J connectivity index is 1.28. The van der Waals surface area contributed by atoms with E-state index < -0.39 is 0 Å². The van der Waals surface area contributed by atoms with Gasteiger partial charge in [-0.2, -0.15) is 5.10 Å². The molecular weight excluding hydrogens is 342 g/mol. The summed E-state index contributed by atoms with van der Waals surface area (Å²) in [6, 6.07) is 4.11. The molecule has 5 rings (SSSR count). The van der Waals surface area contributed by atoms with Crippen LogP contribution in [0.1, 0.15) is 17.0 Å². The number of hydrogen-bond acceptors (Lipinski definition) is 7. The van der Waals surface area contributed by atoms with Crippen LogP contribution in [0.5, 0.6) is 0 Å². The lowest BCUT2D eigenvalue weighted by molar-refractivity contribution is 0.307. The van der Waals surface area contributed by atoms with E-state index in [1.165, 1.54) is 0 Å². The van der Waals surface area contributed by atoms with E-state index in [2.05, 4.69) is 42.2 Å². The quantitative estimate of drug-likeness (QED) is 0.698. The molecule has 0 saturated carbocycles. The molecule has 0 aromatic carbocycles. The number of fused-ring (bicyclic) bond motifs is 1. The van der Waals surface area contributed by atoms with Gasteiger partial charge in [0.1, 0.15) is 18.4 Å². The fourth-order valence-electron chi connectivity index (χ4n) is 4.46. The molecule has 27 heavy (non-hydrogen) atoms. The SMILES string of the molecule is Cc1cc(C)n(-c2cc(N3CC4CN(Cc5cnoc5)CC4C3)ncn2)n1. The van der Waals surface area contributed by atoms with Crippen LogP contribution in [0.25, 0.3) is 5.82 Å². The van der Waals surface area contributed by atoms with Gasteiger partial charge in [0.05, 0.1) is 11.9 Å². The first kappa shape index (κ1) is 16.4. The predicted molar refractivity (Wildman–Crippen MR) is 99.6 cm³/mol. The molecule has 0 radical (unpaired) electrons. The Morgan fingerprint density at radius 3 is 2.48 bits per heavy atom. The number of aromatic nitrogens is 5. The van der Waals surface area contributed by atoms with Crippen LogP contribution in [-0.4, -0.2) is 56.0 Å². The second-order valence-corrected chi connectivity index (χ2v) is 7.73. The van der Waals surface area contributed by atoms with E-state index in [1.54, 1.807) is 12.6 Å². The number of rotatable bonds is 4. The number of hydrogen-bond donors (Lipinski definition) is 0. The van der Waals surface area contributed by atoms with Gasteiger partial charge < -0.3 is 9.42 Å². The zero-order chi connectivity index (χ0) is 18.4. The van der Waals surface area contributed by atoms with Gasteiger partial charge in [0, 0.05) is 50.0 Å². The average Bonchev–Trinajstić information content (AvgIpc) is 3.40. The van der Waals surface area contributed by atoms with Gasteiger partial charge in [0.15, 0.2) is 5.82 Å². The van der Waals surface area contributed by atoms with Crippen molar-refractivity contribution < 1.29 is 4.52 Å². The minimum Gasteiger partial charge on any atom is -0.364 e. The lowest BCUT2D eigenvalue weighted by Crippen LogP contribution is -2.29. The maximum absolute atomic E-state index is 4.95. The first-order valence-corrected chi connectivity index (χ1v) is 9.37. The van der Waals surface area contributed by atoms with Crippen LogP contribution in [0.4, 0.5) is 5.82 Å². The average molecular weight is 365 g/mol. The Hall–Kier alpha value is -2.74. The second-order valence-electron chi connectivity index (χ2n) is 7.73. The zero-order valence-electron chi connectivity index (χ0n) is 15.6. The summed E-state index contributed by atoms with van der Waals surface area (Å²) in [6.07, 6.45) is 5.19. The highest BCUT2D eigenvalue weighted by molar-refractivity contribution is 5.45. The molecule has 2 saturated heterocycles. The van der Waals surface area contributed by atoms with E-state index in [0.717, 1.165) is 61.3 Å². The van der Waals surface area contributed by atoms with Gasteiger partial charge in [0.2, 0.25) is 0 Å². The van der Waals surface area contributed by atoms with Gasteiger partial charge in [-0.3, -0.25) is 4.90 Å². The van der Waals surface area contributed by atoms with E-state index in [1.807, 2.05) is 24.7 Å². The smallest absolute Gasteiger partial charge is 0.159 e. The van der Waals surface area contributed by atoms with Crippen molar-refractivity contribution in [1.82, 2.24) is 29.8 Å². The van der Waals surface area contributed by atoms with E-state index in [4.69, 9.17) is 4.52 Å². The van der Waals surface area contributed by atoms with Gasteiger partial charge >= 0.3 is 0 Å². The molecule has 0 bridgehead atoms. The van der Waals surface area contributed by atoms with Crippen molar-refractivity contribution in [2.75, 3.05) is 31.1 Å². The molecule has 2 aliphatic heterocycles. The van der Waals surface area contributed by atoms with Crippen LogP contribution in [0.2, 0.25) is 0 Å². The van der Waals surface area contributed by atoms with Crippen molar-refractivity contribution >= 4 is 5.82 Å². The molecule has 0 aliphatic carbocycles. The minimum atomic E-state index is 0.678. The molecule has 140 valence electrons. The highest BCUT2D eigenvalue weighted by atomic mass is 16.5. The maximum Gasteiger partial charge on any atom is 0.159 e. The Bertz CT molecular complexity index is 921. The molecule has 3 aromatic rings.